The fourth-order valence-corrected chi connectivity index (χ4v) is 2.71. The van der Waals surface area contributed by atoms with Crippen molar-refractivity contribution in [2.24, 2.45) is 5.92 Å². The standard InChI is InChI=1S/C14H28N2O2/c1-4-7-15-13(14(17)18)6-9-16-8-5-11(2)10-12(16)3/h11-13,15H,4-10H2,1-3H3,(H,17,18). The molecular weight excluding hydrogens is 228 g/mol. The molecule has 0 aromatic heterocycles. The summed E-state index contributed by atoms with van der Waals surface area (Å²) in [5, 5.41) is 12.3. The van der Waals surface area contributed by atoms with Crippen molar-refractivity contribution in [3.63, 3.8) is 0 Å². The zero-order valence-corrected chi connectivity index (χ0v) is 12.0. The second-order valence-corrected chi connectivity index (χ2v) is 5.65. The number of carboxylic acid groups (broad SMARTS) is 1. The Labute approximate surface area is 111 Å². The van der Waals surface area contributed by atoms with Crippen molar-refractivity contribution in [2.45, 2.75) is 58.5 Å². The van der Waals surface area contributed by atoms with E-state index >= 15 is 0 Å². The van der Waals surface area contributed by atoms with Crippen LogP contribution in [0.4, 0.5) is 0 Å². The minimum absolute atomic E-state index is 0.392. The first kappa shape index (κ1) is 15.4. The van der Waals surface area contributed by atoms with E-state index in [1.807, 2.05) is 0 Å². The summed E-state index contributed by atoms with van der Waals surface area (Å²) in [6, 6.07) is 0.200. The normalized spacial score (nSPS) is 27.1. The van der Waals surface area contributed by atoms with Crippen molar-refractivity contribution in [1.29, 1.82) is 0 Å². The highest BCUT2D eigenvalue weighted by molar-refractivity contribution is 5.73. The van der Waals surface area contributed by atoms with Gasteiger partial charge in [0.2, 0.25) is 0 Å². The van der Waals surface area contributed by atoms with Gasteiger partial charge in [-0.25, -0.2) is 0 Å². The molecule has 106 valence electrons. The van der Waals surface area contributed by atoms with Crippen LogP contribution in [0.1, 0.15) is 46.5 Å². The molecule has 1 saturated heterocycles. The largest absolute Gasteiger partial charge is 0.480 e. The number of carbonyl (C=O) groups is 1. The van der Waals surface area contributed by atoms with E-state index < -0.39 is 12.0 Å². The van der Waals surface area contributed by atoms with Crippen LogP contribution in [0, 0.1) is 5.92 Å². The highest BCUT2D eigenvalue weighted by Gasteiger charge is 2.24. The second-order valence-electron chi connectivity index (χ2n) is 5.65. The first-order valence-electron chi connectivity index (χ1n) is 7.24. The summed E-state index contributed by atoms with van der Waals surface area (Å²) in [6.07, 6.45) is 4.15. The Morgan fingerprint density at radius 3 is 2.78 bits per heavy atom. The molecule has 0 spiro atoms. The third kappa shape index (κ3) is 4.94. The molecule has 2 N–H and O–H groups in total. The summed E-state index contributed by atoms with van der Waals surface area (Å²) < 4.78 is 0. The van der Waals surface area contributed by atoms with E-state index in [-0.39, 0.29) is 0 Å². The van der Waals surface area contributed by atoms with Crippen molar-refractivity contribution in [2.75, 3.05) is 19.6 Å². The molecule has 0 bridgehead atoms. The Bertz CT molecular complexity index is 258. The lowest BCUT2D eigenvalue weighted by Gasteiger charge is -2.37. The van der Waals surface area contributed by atoms with Gasteiger partial charge in [-0.3, -0.25) is 4.79 Å². The van der Waals surface area contributed by atoms with Crippen LogP contribution >= 0.6 is 0 Å². The maximum absolute atomic E-state index is 11.1. The quantitative estimate of drug-likeness (QED) is 0.731. The van der Waals surface area contributed by atoms with Crippen molar-refractivity contribution >= 4 is 5.97 Å². The molecule has 0 aromatic carbocycles. The molecule has 0 aromatic rings. The molecule has 4 nitrogen and oxygen atoms in total. The van der Waals surface area contributed by atoms with Crippen LogP contribution in [-0.2, 0) is 4.79 Å². The summed E-state index contributed by atoms with van der Waals surface area (Å²) in [5.41, 5.74) is 0. The number of likely N-dealkylation sites (tertiary alicyclic amines) is 1. The van der Waals surface area contributed by atoms with E-state index in [0.717, 1.165) is 32.0 Å². The lowest BCUT2D eigenvalue weighted by molar-refractivity contribution is -0.139. The topological polar surface area (TPSA) is 52.6 Å². The molecule has 1 heterocycles. The molecule has 4 heteroatoms. The Hall–Kier alpha value is -0.610. The summed E-state index contributed by atoms with van der Waals surface area (Å²) in [5.74, 6) is 0.0891. The molecule has 0 radical (unpaired) electrons. The van der Waals surface area contributed by atoms with Gasteiger partial charge in [-0.2, -0.15) is 0 Å². The Kier molecular flexibility index (Phi) is 6.65. The number of carboxylic acids is 1. The van der Waals surface area contributed by atoms with E-state index in [0.29, 0.717) is 12.5 Å². The highest BCUT2D eigenvalue weighted by Crippen LogP contribution is 2.22. The van der Waals surface area contributed by atoms with Gasteiger partial charge in [-0.05, 0) is 51.6 Å². The van der Waals surface area contributed by atoms with Gasteiger partial charge in [0.15, 0.2) is 0 Å². The Balaban J connectivity index is 2.34. The van der Waals surface area contributed by atoms with Gasteiger partial charge < -0.3 is 15.3 Å². The van der Waals surface area contributed by atoms with Crippen molar-refractivity contribution in [3.8, 4) is 0 Å². The second kappa shape index (κ2) is 7.74. The molecule has 1 fully saturated rings. The highest BCUT2D eigenvalue weighted by atomic mass is 16.4. The summed E-state index contributed by atoms with van der Waals surface area (Å²) in [7, 11) is 0. The van der Waals surface area contributed by atoms with Crippen molar-refractivity contribution in [3.05, 3.63) is 0 Å². The smallest absolute Gasteiger partial charge is 0.320 e. The minimum Gasteiger partial charge on any atom is -0.480 e. The van der Waals surface area contributed by atoms with Gasteiger partial charge in [0.05, 0.1) is 0 Å². The number of aliphatic carboxylic acids is 1. The molecular formula is C14H28N2O2. The summed E-state index contributed by atoms with van der Waals surface area (Å²) in [6.45, 7) is 9.40. The first-order chi connectivity index (χ1) is 8.54. The van der Waals surface area contributed by atoms with Crippen LogP contribution in [0.15, 0.2) is 0 Å². The lowest BCUT2D eigenvalue weighted by atomic mass is 9.93. The Morgan fingerprint density at radius 1 is 1.50 bits per heavy atom. The molecule has 0 amide bonds. The lowest BCUT2D eigenvalue weighted by Crippen LogP contribution is -2.45. The van der Waals surface area contributed by atoms with Gasteiger partial charge in [-0.15, -0.1) is 0 Å². The molecule has 1 rings (SSSR count). The van der Waals surface area contributed by atoms with Crippen LogP contribution in [0.5, 0.6) is 0 Å². The fourth-order valence-electron chi connectivity index (χ4n) is 2.71. The maximum atomic E-state index is 11.1. The molecule has 0 saturated carbocycles. The first-order valence-corrected chi connectivity index (χ1v) is 7.24. The number of hydrogen-bond donors (Lipinski definition) is 2. The van der Waals surface area contributed by atoms with Crippen molar-refractivity contribution < 1.29 is 9.90 Å². The number of piperidine rings is 1. The van der Waals surface area contributed by atoms with Crippen LogP contribution in [0.3, 0.4) is 0 Å². The molecule has 1 aliphatic heterocycles. The van der Waals surface area contributed by atoms with E-state index in [1.165, 1.54) is 12.8 Å². The predicted molar refractivity (Wildman–Crippen MR) is 73.8 cm³/mol. The number of hydrogen-bond acceptors (Lipinski definition) is 3. The minimum atomic E-state index is -0.721. The van der Waals surface area contributed by atoms with Gasteiger partial charge in [-0.1, -0.05) is 13.8 Å². The van der Waals surface area contributed by atoms with Crippen molar-refractivity contribution in [1.82, 2.24) is 10.2 Å². The van der Waals surface area contributed by atoms with Gasteiger partial charge in [0.1, 0.15) is 6.04 Å². The van der Waals surface area contributed by atoms with Crippen LogP contribution in [0.2, 0.25) is 0 Å². The summed E-state index contributed by atoms with van der Waals surface area (Å²) in [4.78, 5) is 13.6. The third-order valence-corrected chi connectivity index (χ3v) is 3.92. The molecule has 3 unspecified atom stereocenters. The molecule has 0 aliphatic carbocycles. The Morgan fingerprint density at radius 2 is 2.22 bits per heavy atom. The third-order valence-electron chi connectivity index (χ3n) is 3.92. The predicted octanol–water partition coefficient (Wildman–Crippen LogP) is 1.95. The SMILES string of the molecule is CCCNC(CCN1CCC(C)CC1C)C(=O)O. The van der Waals surface area contributed by atoms with E-state index in [9.17, 15) is 4.79 Å². The molecule has 1 aliphatic rings. The van der Waals surface area contributed by atoms with Crippen LogP contribution in [0.25, 0.3) is 0 Å². The average molecular weight is 256 g/mol. The summed E-state index contributed by atoms with van der Waals surface area (Å²) >= 11 is 0. The fraction of sp³-hybridized carbons (Fsp3) is 0.929. The van der Waals surface area contributed by atoms with Crippen LogP contribution < -0.4 is 5.32 Å². The van der Waals surface area contributed by atoms with E-state index in [2.05, 4.69) is 31.0 Å². The number of nitrogens with zero attached hydrogens (tertiary/aromatic N) is 1. The zero-order chi connectivity index (χ0) is 13.5. The van der Waals surface area contributed by atoms with Crippen LogP contribution in [-0.4, -0.2) is 47.7 Å². The van der Waals surface area contributed by atoms with E-state index in [4.69, 9.17) is 5.11 Å². The van der Waals surface area contributed by atoms with Gasteiger partial charge in [0, 0.05) is 12.6 Å². The average Bonchev–Trinajstić information content (AvgIpc) is 2.31. The van der Waals surface area contributed by atoms with E-state index in [1.54, 1.807) is 0 Å². The van der Waals surface area contributed by atoms with Gasteiger partial charge >= 0.3 is 5.97 Å². The monoisotopic (exact) mass is 256 g/mol. The number of nitrogens with one attached hydrogen (secondary N) is 1. The molecule has 18 heavy (non-hydrogen) atoms. The molecule has 3 atom stereocenters. The zero-order valence-electron chi connectivity index (χ0n) is 12.0. The maximum Gasteiger partial charge on any atom is 0.320 e. The van der Waals surface area contributed by atoms with Gasteiger partial charge in [0.25, 0.3) is 0 Å². The number of rotatable bonds is 7.